The monoisotopic (exact) mass is 255 g/mol. The van der Waals surface area contributed by atoms with Gasteiger partial charge in [-0.15, -0.1) is 12.4 Å². The summed E-state index contributed by atoms with van der Waals surface area (Å²) in [6.45, 7) is 6.42. The van der Waals surface area contributed by atoms with Crippen LogP contribution in [0.2, 0.25) is 0 Å². The van der Waals surface area contributed by atoms with Gasteiger partial charge in [0.05, 0.1) is 6.10 Å². The average molecular weight is 256 g/mol. The summed E-state index contributed by atoms with van der Waals surface area (Å²) in [5, 5.41) is 3.40. The molecular weight excluding hydrogens is 234 g/mol. The maximum atomic E-state index is 5.88. The highest BCUT2D eigenvalue weighted by Gasteiger charge is 2.18. The van der Waals surface area contributed by atoms with Crippen molar-refractivity contribution < 1.29 is 4.74 Å². The number of benzene rings is 1. The highest BCUT2D eigenvalue weighted by Crippen LogP contribution is 2.32. The first-order valence-corrected chi connectivity index (χ1v) is 6.23. The zero-order valence-corrected chi connectivity index (χ0v) is 11.4. The molecule has 0 unspecified atom stereocenters. The molecule has 0 amide bonds. The zero-order valence-electron chi connectivity index (χ0n) is 10.6. The van der Waals surface area contributed by atoms with Crippen molar-refractivity contribution in [2.75, 3.05) is 13.1 Å². The summed E-state index contributed by atoms with van der Waals surface area (Å²) >= 11 is 0. The lowest BCUT2D eigenvalue weighted by Gasteiger charge is -2.25. The number of piperidine rings is 1. The van der Waals surface area contributed by atoms with Crippen LogP contribution < -0.4 is 10.1 Å². The molecule has 1 aromatic rings. The van der Waals surface area contributed by atoms with Crippen LogP contribution >= 0.6 is 12.4 Å². The molecule has 96 valence electrons. The van der Waals surface area contributed by atoms with E-state index < -0.39 is 0 Å². The second kappa shape index (κ2) is 6.87. The van der Waals surface area contributed by atoms with Gasteiger partial charge in [-0.25, -0.2) is 0 Å². The summed E-state index contributed by atoms with van der Waals surface area (Å²) in [5.41, 5.74) is 1.39. The van der Waals surface area contributed by atoms with Crippen molar-refractivity contribution in [3.63, 3.8) is 0 Å². The Morgan fingerprint density at radius 2 is 1.82 bits per heavy atom. The molecule has 2 rings (SSSR count). The number of para-hydroxylation sites is 1. The molecular formula is C14H22ClNO. The number of halogens is 1. The van der Waals surface area contributed by atoms with Gasteiger partial charge in [0.25, 0.3) is 0 Å². The molecule has 1 aliphatic rings. The van der Waals surface area contributed by atoms with E-state index in [-0.39, 0.29) is 18.5 Å². The van der Waals surface area contributed by atoms with E-state index in [2.05, 4.69) is 43.4 Å². The standard InChI is InChI=1S/C14H21NO.ClH/c1-11(2)16-14-6-4-3-5-13(14)12-7-9-15-10-8-12;/h3-6,11-12,15H,7-10H2,1-2H3;1H. The van der Waals surface area contributed by atoms with E-state index in [1.54, 1.807) is 0 Å². The minimum atomic E-state index is 0. The number of hydrogen-bond acceptors (Lipinski definition) is 2. The third-order valence-electron chi connectivity index (χ3n) is 3.06. The van der Waals surface area contributed by atoms with E-state index in [0.29, 0.717) is 5.92 Å². The first kappa shape index (κ1) is 14.3. The Labute approximate surface area is 110 Å². The van der Waals surface area contributed by atoms with Gasteiger partial charge in [-0.3, -0.25) is 0 Å². The molecule has 0 atom stereocenters. The lowest BCUT2D eigenvalue weighted by atomic mass is 9.89. The number of hydrogen-bond donors (Lipinski definition) is 1. The van der Waals surface area contributed by atoms with Gasteiger partial charge in [0.2, 0.25) is 0 Å². The van der Waals surface area contributed by atoms with Crippen LogP contribution in [0.25, 0.3) is 0 Å². The minimum absolute atomic E-state index is 0. The number of nitrogens with one attached hydrogen (secondary N) is 1. The summed E-state index contributed by atoms with van der Waals surface area (Å²) in [6.07, 6.45) is 2.69. The van der Waals surface area contributed by atoms with Gasteiger partial charge >= 0.3 is 0 Å². The molecule has 1 aromatic carbocycles. The van der Waals surface area contributed by atoms with Gasteiger partial charge < -0.3 is 10.1 Å². The SMILES string of the molecule is CC(C)Oc1ccccc1C1CCNCC1.Cl. The Morgan fingerprint density at radius 1 is 1.18 bits per heavy atom. The Hall–Kier alpha value is -0.730. The van der Waals surface area contributed by atoms with Gasteiger partial charge in [0.1, 0.15) is 5.75 Å². The van der Waals surface area contributed by atoms with E-state index in [9.17, 15) is 0 Å². The Kier molecular flexibility index (Phi) is 5.79. The largest absolute Gasteiger partial charge is 0.491 e. The third kappa shape index (κ3) is 3.90. The molecule has 0 bridgehead atoms. The van der Waals surface area contributed by atoms with Crippen LogP contribution in [0.15, 0.2) is 24.3 Å². The van der Waals surface area contributed by atoms with Gasteiger partial charge in [0.15, 0.2) is 0 Å². The fraction of sp³-hybridized carbons (Fsp3) is 0.571. The lowest BCUT2D eigenvalue weighted by Crippen LogP contribution is -2.27. The first-order valence-electron chi connectivity index (χ1n) is 6.23. The van der Waals surface area contributed by atoms with Crippen molar-refractivity contribution in [1.82, 2.24) is 5.32 Å². The van der Waals surface area contributed by atoms with Crippen LogP contribution in [0.3, 0.4) is 0 Å². The normalized spacial score (nSPS) is 16.6. The molecule has 1 fully saturated rings. The second-order valence-corrected chi connectivity index (χ2v) is 4.73. The van der Waals surface area contributed by atoms with Crippen molar-refractivity contribution in [1.29, 1.82) is 0 Å². The molecule has 0 aromatic heterocycles. The molecule has 0 radical (unpaired) electrons. The highest BCUT2D eigenvalue weighted by atomic mass is 35.5. The van der Waals surface area contributed by atoms with Crippen molar-refractivity contribution in [2.45, 2.75) is 38.7 Å². The maximum Gasteiger partial charge on any atom is 0.123 e. The second-order valence-electron chi connectivity index (χ2n) is 4.73. The minimum Gasteiger partial charge on any atom is -0.491 e. The summed E-state index contributed by atoms with van der Waals surface area (Å²) in [6, 6.07) is 8.48. The molecule has 1 saturated heterocycles. The van der Waals surface area contributed by atoms with Crippen LogP contribution in [0.4, 0.5) is 0 Å². The molecule has 3 heteroatoms. The number of ether oxygens (including phenoxy) is 1. The van der Waals surface area contributed by atoms with Crippen molar-refractivity contribution in [3.05, 3.63) is 29.8 Å². The molecule has 0 spiro atoms. The smallest absolute Gasteiger partial charge is 0.123 e. The van der Waals surface area contributed by atoms with Crippen LogP contribution in [0.1, 0.15) is 38.2 Å². The van der Waals surface area contributed by atoms with Crippen LogP contribution in [-0.2, 0) is 0 Å². The lowest BCUT2D eigenvalue weighted by molar-refractivity contribution is 0.237. The quantitative estimate of drug-likeness (QED) is 0.894. The Bertz CT molecular complexity index is 335. The molecule has 17 heavy (non-hydrogen) atoms. The van der Waals surface area contributed by atoms with Gasteiger partial charge in [-0.1, -0.05) is 18.2 Å². The van der Waals surface area contributed by atoms with E-state index in [1.807, 2.05) is 0 Å². The fourth-order valence-electron chi connectivity index (χ4n) is 2.31. The average Bonchev–Trinajstić information content (AvgIpc) is 2.30. The van der Waals surface area contributed by atoms with Gasteiger partial charge in [-0.2, -0.15) is 0 Å². The first-order chi connectivity index (χ1) is 7.77. The van der Waals surface area contributed by atoms with Crippen LogP contribution in [0.5, 0.6) is 5.75 Å². The molecule has 2 nitrogen and oxygen atoms in total. The predicted octanol–water partition coefficient (Wildman–Crippen LogP) is 3.36. The molecule has 1 heterocycles. The van der Waals surface area contributed by atoms with E-state index in [0.717, 1.165) is 18.8 Å². The van der Waals surface area contributed by atoms with Gasteiger partial charge in [-0.05, 0) is 57.3 Å². The van der Waals surface area contributed by atoms with Crippen LogP contribution in [-0.4, -0.2) is 19.2 Å². The number of rotatable bonds is 3. The third-order valence-corrected chi connectivity index (χ3v) is 3.06. The molecule has 1 N–H and O–H groups in total. The van der Waals surface area contributed by atoms with Crippen molar-refractivity contribution in [2.24, 2.45) is 0 Å². The Balaban J connectivity index is 0.00000144. The summed E-state index contributed by atoms with van der Waals surface area (Å²) in [5.74, 6) is 1.74. The summed E-state index contributed by atoms with van der Waals surface area (Å²) in [7, 11) is 0. The van der Waals surface area contributed by atoms with E-state index in [1.165, 1.54) is 18.4 Å². The van der Waals surface area contributed by atoms with Crippen molar-refractivity contribution >= 4 is 12.4 Å². The maximum absolute atomic E-state index is 5.88. The van der Waals surface area contributed by atoms with E-state index >= 15 is 0 Å². The molecule has 0 aliphatic carbocycles. The Morgan fingerprint density at radius 3 is 2.47 bits per heavy atom. The summed E-state index contributed by atoms with van der Waals surface area (Å²) < 4.78 is 5.88. The highest BCUT2D eigenvalue weighted by molar-refractivity contribution is 5.85. The summed E-state index contributed by atoms with van der Waals surface area (Å²) in [4.78, 5) is 0. The predicted molar refractivity (Wildman–Crippen MR) is 74.3 cm³/mol. The fourth-order valence-corrected chi connectivity index (χ4v) is 2.31. The topological polar surface area (TPSA) is 21.3 Å². The molecule has 1 aliphatic heterocycles. The van der Waals surface area contributed by atoms with E-state index in [4.69, 9.17) is 4.74 Å². The van der Waals surface area contributed by atoms with Gasteiger partial charge in [0, 0.05) is 0 Å². The van der Waals surface area contributed by atoms with Crippen molar-refractivity contribution in [3.8, 4) is 5.75 Å². The zero-order chi connectivity index (χ0) is 11.4. The molecule has 0 saturated carbocycles. The van der Waals surface area contributed by atoms with Crippen LogP contribution in [0, 0.1) is 0 Å².